The lowest BCUT2D eigenvalue weighted by Crippen LogP contribution is -2.27. The van der Waals surface area contributed by atoms with E-state index < -0.39 is 26.5 Å². The predicted molar refractivity (Wildman–Crippen MR) is 247 cm³/mol. The first-order chi connectivity index (χ1) is 28.8. The molecule has 0 rings (SSSR count). The van der Waals surface area contributed by atoms with Gasteiger partial charge in [-0.25, -0.2) is 4.57 Å². The maximum absolute atomic E-state index is 12.1. The van der Waals surface area contributed by atoms with Crippen LogP contribution in [0.25, 0.3) is 0 Å². The van der Waals surface area contributed by atoms with E-state index in [1.54, 1.807) is 0 Å². The second kappa shape index (κ2) is 45.5. The fourth-order valence-corrected chi connectivity index (χ4v) is 7.32. The van der Waals surface area contributed by atoms with Crippen LogP contribution >= 0.6 is 7.82 Å². The van der Waals surface area contributed by atoms with Gasteiger partial charge in [0.15, 0.2) is 0 Å². The molecule has 3 N–H and O–H groups in total. The number of hydrogen-bond donors (Lipinski definition) is 3. The highest BCUT2D eigenvalue weighted by molar-refractivity contribution is 7.47. The summed E-state index contributed by atoms with van der Waals surface area (Å²) in [5.74, 6) is -0.524. The zero-order valence-corrected chi connectivity index (χ0v) is 38.8. The minimum absolute atomic E-state index is 0.0790. The molecule has 59 heavy (non-hydrogen) atoms. The molecule has 0 spiro atoms. The number of hydrogen-bond acceptors (Lipinski definition) is 7. The summed E-state index contributed by atoms with van der Waals surface area (Å²) in [4.78, 5) is 34.0. The number of rotatable bonds is 45. The maximum Gasteiger partial charge on any atom is 0.472 e. The second-order valence-corrected chi connectivity index (χ2v) is 17.5. The normalized spacial score (nSPS) is 13.6. The Bertz CT molecular complexity index is 1110. The molecule has 0 aliphatic heterocycles. The minimum atomic E-state index is -4.42. The maximum atomic E-state index is 12.1. The molecular formula is C49H90NO8P. The standard InChI is InChI=1S/C49H90NO8P/c1-3-5-7-9-11-13-15-17-19-21-22-23-24-26-27-29-31-33-35-37-39-41-48(52)50-43-44-57-59(54,55)58-46-47(51)45-56-49(53)42-40-38-36-34-32-30-28-25-20-18-16-14-12-10-8-6-4-2/h11-14,17-20,47,51H,3-10,15-16,21-46H2,1-2H3,(H,50,52)(H,54,55)/b13-11-,14-12-,19-17-,20-18-. The Hall–Kier alpha value is -2.03. The first-order valence-electron chi connectivity index (χ1n) is 24.1. The number of amides is 1. The third-order valence-corrected chi connectivity index (χ3v) is 11.2. The van der Waals surface area contributed by atoms with Crippen LogP contribution in [-0.4, -0.2) is 54.3 Å². The predicted octanol–water partition coefficient (Wildman–Crippen LogP) is 13.9. The van der Waals surface area contributed by atoms with E-state index in [4.69, 9.17) is 13.8 Å². The Morgan fingerprint density at radius 1 is 0.525 bits per heavy atom. The summed E-state index contributed by atoms with van der Waals surface area (Å²) < 4.78 is 26.9. The van der Waals surface area contributed by atoms with Crippen LogP contribution in [0.15, 0.2) is 48.6 Å². The third kappa shape index (κ3) is 46.9. The highest BCUT2D eigenvalue weighted by atomic mass is 31.2. The lowest BCUT2D eigenvalue weighted by Gasteiger charge is -2.15. The van der Waals surface area contributed by atoms with E-state index >= 15 is 0 Å². The SMILES string of the molecule is CCCCC/C=C\C/C=C\CCCCCCCCCCCCCC(=O)NCCOP(=O)(O)OCC(O)COC(=O)CCCCCCCCC/C=C\C/C=C\CCCCC. The van der Waals surface area contributed by atoms with Crippen molar-refractivity contribution in [3.8, 4) is 0 Å². The number of ether oxygens (including phenoxy) is 1. The number of aliphatic hydroxyl groups is 1. The highest BCUT2D eigenvalue weighted by Gasteiger charge is 2.23. The molecule has 0 aromatic rings. The van der Waals surface area contributed by atoms with E-state index in [1.165, 1.54) is 128 Å². The summed E-state index contributed by atoms with van der Waals surface area (Å²) >= 11 is 0. The van der Waals surface area contributed by atoms with Crippen molar-refractivity contribution in [3.63, 3.8) is 0 Å². The lowest BCUT2D eigenvalue weighted by atomic mass is 10.0. The van der Waals surface area contributed by atoms with Crippen molar-refractivity contribution < 1.29 is 37.9 Å². The number of allylic oxidation sites excluding steroid dienone is 8. The van der Waals surface area contributed by atoms with Gasteiger partial charge >= 0.3 is 13.8 Å². The van der Waals surface area contributed by atoms with Crippen molar-refractivity contribution in [2.75, 3.05) is 26.4 Å². The van der Waals surface area contributed by atoms with Crippen molar-refractivity contribution in [3.05, 3.63) is 48.6 Å². The van der Waals surface area contributed by atoms with Gasteiger partial charge in [0.25, 0.3) is 0 Å². The van der Waals surface area contributed by atoms with E-state index in [2.05, 4.69) is 67.8 Å². The largest absolute Gasteiger partial charge is 0.472 e. The summed E-state index contributed by atoms with van der Waals surface area (Å²) in [5, 5.41) is 12.7. The molecule has 2 atom stereocenters. The van der Waals surface area contributed by atoms with Crippen LogP contribution in [0.4, 0.5) is 0 Å². The number of carbonyl (C=O) groups excluding carboxylic acids is 2. The zero-order chi connectivity index (χ0) is 43.2. The van der Waals surface area contributed by atoms with Crippen LogP contribution in [0.5, 0.6) is 0 Å². The topological polar surface area (TPSA) is 131 Å². The molecule has 0 heterocycles. The monoisotopic (exact) mass is 852 g/mol. The van der Waals surface area contributed by atoms with Crippen LogP contribution in [0, 0.1) is 0 Å². The van der Waals surface area contributed by atoms with Crippen molar-refractivity contribution in [1.82, 2.24) is 5.32 Å². The van der Waals surface area contributed by atoms with Gasteiger partial charge in [-0.05, 0) is 77.0 Å². The molecule has 1 amide bonds. The molecular weight excluding hydrogens is 762 g/mol. The van der Waals surface area contributed by atoms with Crippen molar-refractivity contribution >= 4 is 19.7 Å². The van der Waals surface area contributed by atoms with Crippen LogP contribution < -0.4 is 5.32 Å². The van der Waals surface area contributed by atoms with Crippen molar-refractivity contribution in [2.45, 2.75) is 225 Å². The first kappa shape index (κ1) is 57.0. The third-order valence-electron chi connectivity index (χ3n) is 10.2. The summed E-state index contributed by atoms with van der Waals surface area (Å²) in [7, 11) is -4.42. The van der Waals surface area contributed by atoms with Gasteiger partial charge in [-0.3, -0.25) is 18.6 Å². The smallest absolute Gasteiger partial charge is 0.463 e. The molecule has 0 aliphatic carbocycles. The number of carbonyl (C=O) groups is 2. The zero-order valence-electron chi connectivity index (χ0n) is 37.9. The van der Waals surface area contributed by atoms with E-state index in [-0.39, 0.29) is 32.1 Å². The van der Waals surface area contributed by atoms with Gasteiger partial charge in [-0.1, -0.05) is 178 Å². The molecule has 0 saturated carbocycles. The minimum Gasteiger partial charge on any atom is -0.463 e. The average Bonchev–Trinajstić information content (AvgIpc) is 3.22. The molecule has 0 aromatic heterocycles. The van der Waals surface area contributed by atoms with Crippen LogP contribution in [0.2, 0.25) is 0 Å². The molecule has 344 valence electrons. The number of unbranched alkanes of at least 4 members (excludes halogenated alkanes) is 24. The Kier molecular flexibility index (Phi) is 43.9. The van der Waals surface area contributed by atoms with E-state index in [0.29, 0.717) is 6.42 Å². The van der Waals surface area contributed by atoms with Crippen molar-refractivity contribution in [1.29, 1.82) is 0 Å². The Morgan fingerprint density at radius 2 is 0.915 bits per heavy atom. The highest BCUT2D eigenvalue weighted by Crippen LogP contribution is 2.42. The van der Waals surface area contributed by atoms with Gasteiger partial charge in [-0.15, -0.1) is 0 Å². The molecule has 0 saturated heterocycles. The van der Waals surface area contributed by atoms with Gasteiger partial charge in [0.05, 0.1) is 13.2 Å². The molecule has 0 aromatic carbocycles. The number of nitrogens with one attached hydrogen (secondary N) is 1. The summed E-state index contributed by atoms with van der Waals surface area (Å²) in [6.07, 6.45) is 53.2. The summed E-state index contributed by atoms with van der Waals surface area (Å²) in [5.41, 5.74) is 0. The molecule has 0 aliphatic rings. The van der Waals surface area contributed by atoms with E-state index in [1.807, 2.05) is 0 Å². The number of phosphoric acid groups is 1. The van der Waals surface area contributed by atoms with Gasteiger partial charge in [0.2, 0.25) is 5.91 Å². The van der Waals surface area contributed by atoms with Gasteiger partial charge in [0, 0.05) is 19.4 Å². The van der Waals surface area contributed by atoms with Crippen LogP contribution in [0.1, 0.15) is 219 Å². The molecule has 10 heteroatoms. The molecule has 0 radical (unpaired) electrons. The van der Waals surface area contributed by atoms with Crippen molar-refractivity contribution in [2.24, 2.45) is 0 Å². The van der Waals surface area contributed by atoms with E-state index in [0.717, 1.165) is 64.2 Å². The van der Waals surface area contributed by atoms with Crippen LogP contribution in [0.3, 0.4) is 0 Å². The lowest BCUT2D eigenvalue weighted by molar-refractivity contribution is -0.147. The van der Waals surface area contributed by atoms with Gasteiger partial charge in [-0.2, -0.15) is 0 Å². The molecule has 0 bridgehead atoms. The average molecular weight is 852 g/mol. The van der Waals surface area contributed by atoms with Gasteiger partial charge in [0.1, 0.15) is 12.7 Å². The quantitative estimate of drug-likeness (QED) is 0.0239. The van der Waals surface area contributed by atoms with Crippen LogP contribution in [-0.2, 0) is 27.9 Å². The Balaban J connectivity index is 3.58. The fraction of sp³-hybridized carbons (Fsp3) is 0.796. The number of phosphoric ester groups is 1. The van der Waals surface area contributed by atoms with Gasteiger partial charge < -0.3 is 20.1 Å². The molecule has 0 fully saturated rings. The Morgan fingerprint density at radius 3 is 1.36 bits per heavy atom. The summed E-state index contributed by atoms with van der Waals surface area (Å²) in [6.45, 7) is 3.51. The van der Waals surface area contributed by atoms with E-state index in [9.17, 15) is 24.2 Å². The molecule has 9 nitrogen and oxygen atoms in total. The fourth-order valence-electron chi connectivity index (χ4n) is 6.56. The number of aliphatic hydroxyl groups excluding tert-OH is 1. The summed E-state index contributed by atoms with van der Waals surface area (Å²) in [6, 6.07) is 0. The molecule has 2 unspecified atom stereocenters. The second-order valence-electron chi connectivity index (χ2n) is 16.1. The Labute approximate surface area is 362 Å². The first-order valence-corrected chi connectivity index (χ1v) is 25.6. The number of esters is 1.